The number of fused-ring (bicyclic) bond motifs is 1. The third-order valence-corrected chi connectivity index (χ3v) is 4.41. The molecule has 2 N–H and O–H groups in total. The predicted molar refractivity (Wildman–Crippen MR) is 84.1 cm³/mol. The second-order valence-corrected chi connectivity index (χ2v) is 5.76. The van der Waals surface area contributed by atoms with Gasteiger partial charge in [0.2, 0.25) is 0 Å². The molecule has 1 saturated heterocycles. The number of carbonyl (C=O) groups is 1. The molecule has 4 heteroatoms. The van der Waals surface area contributed by atoms with Gasteiger partial charge >= 0.3 is 0 Å². The quantitative estimate of drug-likeness (QED) is 0.921. The number of hydrogen-bond donors (Lipinski definition) is 1. The van der Waals surface area contributed by atoms with Gasteiger partial charge < -0.3 is 10.6 Å². The Kier molecular flexibility index (Phi) is 3.88. The number of amides is 1. The third-order valence-electron chi connectivity index (χ3n) is 4.41. The first-order chi connectivity index (χ1) is 10.2. The minimum atomic E-state index is 0.00875. The van der Waals surface area contributed by atoms with Crippen LogP contribution in [0.2, 0.25) is 0 Å². The maximum absolute atomic E-state index is 13.0. The van der Waals surface area contributed by atoms with E-state index in [0.29, 0.717) is 12.2 Å². The molecule has 2 atom stereocenters. The third kappa shape index (κ3) is 2.51. The molecule has 1 fully saturated rings. The molecule has 110 valence electrons. The summed E-state index contributed by atoms with van der Waals surface area (Å²) < 4.78 is 0. The molecular formula is C17H21N3O. The van der Waals surface area contributed by atoms with Crippen LogP contribution in [0.5, 0.6) is 0 Å². The van der Waals surface area contributed by atoms with Gasteiger partial charge in [-0.2, -0.15) is 0 Å². The van der Waals surface area contributed by atoms with E-state index in [0.717, 1.165) is 30.0 Å². The van der Waals surface area contributed by atoms with Crippen molar-refractivity contribution in [3.63, 3.8) is 0 Å². The van der Waals surface area contributed by atoms with Crippen molar-refractivity contribution in [2.75, 3.05) is 6.54 Å². The number of hydrogen-bond acceptors (Lipinski definition) is 3. The van der Waals surface area contributed by atoms with Crippen LogP contribution in [0.4, 0.5) is 0 Å². The summed E-state index contributed by atoms with van der Waals surface area (Å²) in [5, 5.41) is 1.96. The minimum absolute atomic E-state index is 0.00875. The number of carbonyl (C=O) groups excluding carboxylic acids is 1. The molecule has 1 aliphatic heterocycles. The second kappa shape index (κ2) is 5.82. The van der Waals surface area contributed by atoms with Crippen molar-refractivity contribution in [2.45, 2.75) is 38.3 Å². The fourth-order valence-electron chi connectivity index (χ4n) is 3.30. The van der Waals surface area contributed by atoms with Crippen LogP contribution in [-0.2, 0) is 0 Å². The molecule has 2 heterocycles. The van der Waals surface area contributed by atoms with Crippen molar-refractivity contribution < 1.29 is 4.79 Å². The first-order valence-electron chi connectivity index (χ1n) is 7.59. The van der Waals surface area contributed by atoms with Gasteiger partial charge in [-0.3, -0.25) is 9.78 Å². The number of rotatable bonds is 2. The average Bonchev–Trinajstić information content (AvgIpc) is 2.53. The monoisotopic (exact) mass is 283 g/mol. The van der Waals surface area contributed by atoms with Gasteiger partial charge in [0.05, 0.1) is 0 Å². The number of benzene rings is 1. The van der Waals surface area contributed by atoms with Gasteiger partial charge in [0.1, 0.15) is 5.69 Å². The smallest absolute Gasteiger partial charge is 0.273 e. The lowest BCUT2D eigenvalue weighted by Crippen LogP contribution is -2.52. The van der Waals surface area contributed by atoms with E-state index in [1.165, 1.54) is 0 Å². The molecule has 1 aliphatic rings. The highest BCUT2D eigenvalue weighted by atomic mass is 16.2. The summed E-state index contributed by atoms with van der Waals surface area (Å²) in [5.74, 6) is 0.00875. The zero-order valence-corrected chi connectivity index (χ0v) is 12.3. The van der Waals surface area contributed by atoms with Crippen LogP contribution in [0, 0.1) is 0 Å². The largest absolute Gasteiger partial charge is 0.330 e. The number of pyridine rings is 1. The number of nitrogens with two attached hydrogens (primary N) is 1. The molecule has 0 aliphatic carbocycles. The highest BCUT2D eigenvalue weighted by Gasteiger charge is 2.32. The molecule has 4 nitrogen and oxygen atoms in total. The van der Waals surface area contributed by atoms with Gasteiger partial charge in [-0.1, -0.05) is 24.3 Å². The summed E-state index contributed by atoms with van der Waals surface area (Å²) >= 11 is 0. The van der Waals surface area contributed by atoms with Crippen LogP contribution in [0.25, 0.3) is 10.8 Å². The zero-order chi connectivity index (χ0) is 14.8. The van der Waals surface area contributed by atoms with Crippen molar-refractivity contribution >= 4 is 16.7 Å². The highest BCUT2D eigenvalue weighted by molar-refractivity contribution is 6.05. The van der Waals surface area contributed by atoms with Crippen molar-refractivity contribution in [3.8, 4) is 0 Å². The molecular weight excluding hydrogens is 262 g/mol. The van der Waals surface area contributed by atoms with Gasteiger partial charge in [0.25, 0.3) is 5.91 Å². The van der Waals surface area contributed by atoms with Gasteiger partial charge in [-0.25, -0.2) is 0 Å². The van der Waals surface area contributed by atoms with Crippen LogP contribution < -0.4 is 5.73 Å². The first-order valence-corrected chi connectivity index (χ1v) is 7.59. The Morgan fingerprint density at radius 1 is 1.33 bits per heavy atom. The molecule has 2 aromatic rings. The van der Waals surface area contributed by atoms with Crippen molar-refractivity contribution in [1.29, 1.82) is 0 Å². The van der Waals surface area contributed by atoms with Crippen LogP contribution in [0.15, 0.2) is 36.5 Å². The summed E-state index contributed by atoms with van der Waals surface area (Å²) in [4.78, 5) is 19.3. The number of nitrogens with zero attached hydrogens (tertiary/aromatic N) is 2. The van der Waals surface area contributed by atoms with Crippen molar-refractivity contribution in [2.24, 2.45) is 5.73 Å². The zero-order valence-electron chi connectivity index (χ0n) is 12.3. The van der Waals surface area contributed by atoms with Crippen molar-refractivity contribution in [1.82, 2.24) is 9.88 Å². The lowest BCUT2D eigenvalue weighted by molar-refractivity contribution is 0.0490. The Labute approximate surface area is 125 Å². The summed E-state index contributed by atoms with van der Waals surface area (Å²) in [5.41, 5.74) is 6.41. The van der Waals surface area contributed by atoms with E-state index in [1.54, 1.807) is 6.20 Å². The Balaban J connectivity index is 2.03. The van der Waals surface area contributed by atoms with E-state index in [2.05, 4.69) is 11.9 Å². The molecule has 0 spiro atoms. The van der Waals surface area contributed by atoms with E-state index in [1.807, 2.05) is 35.2 Å². The van der Waals surface area contributed by atoms with E-state index in [9.17, 15) is 4.79 Å². The SMILES string of the molecule is CC1CCCC(CN)N1C(=O)c1nccc2ccccc12. The van der Waals surface area contributed by atoms with Crippen LogP contribution in [0.3, 0.4) is 0 Å². The molecule has 21 heavy (non-hydrogen) atoms. The topological polar surface area (TPSA) is 59.2 Å². The maximum Gasteiger partial charge on any atom is 0.273 e. The lowest BCUT2D eigenvalue weighted by atomic mass is 9.95. The molecule has 1 aromatic heterocycles. The Morgan fingerprint density at radius 2 is 2.14 bits per heavy atom. The molecule has 1 aromatic carbocycles. The van der Waals surface area contributed by atoms with Gasteiger partial charge in [-0.05, 0) is 37.6 Å². The Bertz CT molecular complexity index is 650. The molecule has 3 rings (SSSR count). The van der Waals surface area contributed by atoms with E-state index >= 15 is 0 Å². The fourth-order valence-corrected chi connectivity index (χ4v) is 3.30. The molecule has 1 amide bonds. The summed E-state index contributed by atoms with van der Waals surface area (Å²) in [6.07, 6.45) is 4.86. The predicted octanol–water partition coefficient (Wildman–Crippen LogP) is 2.58. The van der Waals surface area contributed by atoms with Crippen molar-refractivity contribution in [3.05, 3.63) is 42.2 Å². The highest BCUT2D eigenvalue weighted by Crippen LogP contribution is 2.26. The normalized spacial score (nSPS) is 22.5. The molecule has 0 saturated carbocycles. The molecule has 0 radical (unpaired) electrons. The second-order valence-electron chi connectivity index (χ2n) is 5.76. The lowest BCUT2D eigenvalue weighted by Gasteiger charge is -2.40. The first kappa shape index (κ1) is 14.0. The summed E-state index contributed by atoms with van der Waals surface area (Å²) in [7, 11) is 0. The number of likely N-dealkylation sites (tertiary alicyclic amines) is 1. The van der Waals surface area contributed by atoms with Crippen LogP contribution in [-0.4, -0.2) is 34.4 Å². The fraction of sp³-hybridized carbons (Fsp3) is 0.412. The standard InChI is InChI=1S/C17H21N3O/c1-12-5-4-7-14(11-18)20(12)17(21)16-15-8-3-2-6-13(15)9-10-19-16/h2-3,6,8-10,12,14H,4-5,7,11,18H2,1H3. The van der Waals surface area contributed by atoms with Gasteiger partial charge in [0.15, 0.2) is 0 Å². The maximum atomic E-state index is 13.0. The van der Waals surface area contributed by atoms with Crippen LogP contribution in [0.1, 0.15) is 36.7 Å². The Morgan fingerprint density at radius 3 is 2.95 bits per heavy atom. The Hall–Kier alpha value is -1.94. The van der Waals surface area contributed by atoms with E-state index in [-0.39, 0.29) is 18.0 Å². The number of piperidine rings is 1. The van der Waals surface area contributed by atoms with E-state index < -0.39 is 0 Å². The van der Waals surface area contributed by atoms with Gasteiger partial charge in [0, 0.05) is 30.2 Å². The van der Waals surface area contributed by atoms with Crippen LogP contribution >= 0.6 is 0 Å². The van der Waals surface area contributed by atoms with Gasteiger partial charge in [-0.15, -0.1) is 0 Å². The summed E-state index contributed by atoms with van der Waals surface area (Å²) in [6.45, 7) is 2.62. The van der Waals surface area contributed by atoms with E-state index in [4.69, 9.17) is 5.73 Å². The molecule has 2 unspecified atom stereocenters. The number of aromatic nitrogens is 1. The summed E-state index contributed by atoms with van der Waals surface area (Å²) in [6, 6.07) is 10.2. The minimum Gasteiger partial charge on any atom is -0.330 e. The average molecular weight is 283 g/mol. The molecule has 0 bridgehead atoms.